The van der Waals surface area contributed by atoms with Gasteiger partial charge < -0.3 is 10.5 Å². The second kappa shape index (κ2) is 5.56. The molecule has 5 nitrogen and oxygen atoms in total. The van der Waals surface area contributed by atoms with Crippen LogP contribution >= 0.6 is 11.3 Å². The van der Waals surface area contributed by atoms with Crippen molar-refractivity contribution in [3.63, 3.8) is 0 Å². The third-order valence-corrected chi connectivity index (χ3v) is 3.29. The van der Waals surface area contributed by atoms with Crippen LogP contribution in [-0.4, -0.2) is 41.9 Å². The van der Waals surface area contributed by atoms with Gasteiger partial charge in [-0.3, -0.25) is 4.90 Å². The number of nitrogens with zero attached hydrogens (tertiary/aromatic N) is 3. The Morgan fingerprint density at radius 1 is 1.50 bits per heavy atom. The molecule has 2 N–H and O–H groups in total. The summed E-state index contributed by atoms with van der Waals surface area (Å²) in [5, 5.41) is 9.27. The molecule has 16 heavy (non-hydrogen) atoms. The molecule has 0 atom stereocenters. The van der Waals surface area contributed by atoms with E-state index in [1.807, 2.05) is 0 Å². The van der Waals surface area contributed by atoms with Gasteiger partial charge in [-0.25, -0.2) is 0 Å². The largest absolute Gasteiger partial charge is 0.380 e. The SMILES string of the molecule is CN(CCOCC1CC1)Cc1nnc(N)s1. The normalized spacial score (nSPS) is 15.9. The lowest BCUT2D eigenvalue weighted by atomic mass is 10.5. The Kier molecular flexibility index (Phi) is 4.09. The first-order valence-corrected chi connectivity index (χ1v) is 6.40. The standard InChI is InChI=1S/C10H18N4OS/c1-14(4-5-15-7-8-2-3-8)6-9-12-13-10(11)16-9/h8H,2-7H2,1H3,(H2,11,13). The van der Waals surface area contributed by atoms with E-state index < -0.39 is 0 Å². The molecular formula is C10H18N4OS. The number of anilines is 1. The average molecular weight is 242 g/mol. The number of nitrogen functional groups attached to an aromatic ring is 1. The van der Waals surface area contributed by atoms with Crippen LogP contribution in [0.4, 0.5) is 5.13 Å². The molecule has 1 aromatic rings. The summed E-state index contributed by atoms with van der Waals surface area (Å²) in [6.07, 6.45) is 2.69. The van der Waals surface area contributed by atoms with Crippen molar-refractivity contribution >= 4 is 16.5 Å². The van der Waals surface area contributed by atoms with Gasteiger partial charge in [0.25, 0.3) is 0 Å². The smallest absolute Gasteiger partial charge is 0.203 e. The Bertz CT molecular complexity index is 326. The molecule has 1 aliphatic rings. The topological polar surface area (TPSA) is 64.3 Å². The van der Waals surface area contributed by atoms with E-state index in [0.29, 0.717) is 5.13 Å². The third kappa shape index (κ3) is 4.03. The summed E-state index contributed by atoms with van der Waals surface area (Å²) in [5.41, 5.74) is 5.52. The lowest BCUT2D eigenvalue weighted by Crippen LogP contribution is -2.23. The predicted octanol–water partition coefficient (Wildman–Crippen LogP) is 0.979. The molecule has 1 saturated carbocycles. The first-order chi connectivity index (χ1) is 7.74. The van der Waals surface area contributed by atoms with Gasteiger partial charge in [-0.1, -0.05) is 11.3 Å². The van der Waals surface area contributed by atoms with Gasteiger partial charge in [0.2, 0.25) is 5.13 Å². The molecular weight excluding hydrogens is 224 g/mol. The molecule has 2 rings (SSSR count). The highest BCUT2D eigenvalue weighted by Crippen LogP contribution is 2.28. The Morgan fingerprint density at radius 2 is 2.31 bits per heavy atom. The van der Waals surface area contributed by atoms with Crippen LogP contribution in [0, 0.1) is 5.92 Å². The quantitative estimate of drug-likeness (QED) is 0.722. The molecule has 0 radical (unpaired) electrons. The van der Waals surface area contributed by atoms with E-state index in [4.69, 9.17) is 10.5 Å². The van der Waals surface area contributed by atoms with Crippen molar-refractivity contribution in [3.8, 4) is 0 Å². The van der Waals surface area contributed by atoms with Crippen molar-refractivity contribution in [2.45, 2.75) is 19.4 Å². The van der Waals surface area contributed by atoms with E-state index in [-0.39, 0.29) is 0 Å². The van der Waals surface area contributed by atoms with Crippen LogP contribution in [0.2, 0.25) is 0 Å². The van der Waals surface area contributed by atoms with Gasteiger partial charge in [0.1, 0.15) is 5.01 Å². The third-order valence-electron chi connectivity index (χ3n) is 2.56. The van der Waals surface area contributed by atoms with Crippen LogP contribution in [-0.2, 0) is 11.3 Å². The fraction of sp³-hybridized carbons (Fsp3) is 0.800. The highest BCUT2D eigenvalue weighted by Gasteiger charge is 2.20. The first-order valence-electron chi connectivity index (χ1n) is 5.58. The van der Waals surface area contributed by atoms with Crippen LogP contribution in [0.3, 0.4) is 0 Å². The molecule has 6 heteroatoms. The van der Waals surface area contributed by atoms with Crippen molar-refractivity contribution in [3.05, 3.63) is 5.01 Å². The molecule has 90 valence electrons. The second-order valence-electron chi connectivity index (χ2n) is 4.29. The average Bonchev–Trinajstić information content (AvgIpc) is 2.98. The van der Waals surface area contributed by atoms with Gasteiger partial charge in [0, 0.05) is 13.2 Å². The number of nitrogens with two attached hydrogens (primary N) is 1. The zero-order valence-electron chi connectivity index (χ0n) is 9.56. The van der Waals surface area contributed by atoms with Crippen molar-refractivity contribution in [2.24, 2.45) is 5.92 Å². The molecule has 0 spiro atoms. The zero-order valence-corrected chi connectivity index (χ0v) is 10.4. The van der Waals surface area contributed by atoms with Gasteiger partial charge in [0.15, 0.2) is 0 Å². The van der Waals surface area contributed by atoms with E-state index in [0.717, 1.165) is 37.2 Å². The zero-order chi connectivity index (χ0) is 11.4. The number of aromatic nitrogens is 2. The van der Waals surface area contributed by atoms with E-state index in [9.17, 15) is 0 Å². The summed E-state index contributed by atoms with van der Waals surface area (Å²) in [5.74, 6) is 0.841. The molecule has 1 heterocycles. The van der Waals surface area contributed by atoms with Crippen molar-refractivity contribution in [1.82, 2.24) is 15.1 Å². The molecule has 1 aliphatic carbocycles. The highest BCUT2D eigenvalue weighted by molar-refractivity contribution is 7.15. The number of ether oxygens (including phenoxy) is 1. The highest BCUT2D eigenvalue weighted by atomic mass is 32.1. The molecule has 0 amide bonds. The van der Waals surface area contributed by atoms with E-state index in [1.165, 1.54) is 24.2 Å². The summed E-state index contributed by atoms with van der Waals surface area (Å²) in [6.45, 7) is 3.44. The molecule has 0 aromatic carbocycles. The molecule has 1 aromatic heterocycles. The molecule has 1 fully saturated rings. The maximum absolute atomic E-state index is 5.57. The number of hydrogen-bond acceptors (Lipinski definition) is 6. The summed E-state index contributed by atoms with van der Waals surface area (Å²) >= 11 is 1.44. The minimum atomic E-state index is 0.536. The van der Waals surface area contributed by atoms with Crippen LogP contribution in [0.15, 0.2) is 0 Å². The minimum Gasteiger partial charge on any atom is -0.380 e. The summed E-state index contributed by atoms with van der Waals surface area (Å²) in [7, 11) is 2.05. The summed E-state index contributed by atoms with van der Waals surface area (Å²) < 4.78 is 5.57. The Hall–Kier alpha value is -0.720. The van der Waals surface area contributed by atoms with Crippen LogP contribution in [0.25, 0.3) is 0 Å². The second-order valence-corrected chi connectivity index (χ2v) is 5.38. The lowest BCUT2D eigenvalue weighted by molar-refractivity contribution is 0.102. The minimum absolute atomic E-state index is 0.536. The molecule has 0 bridgehead atoms. The van der Waals surface area contributed by atoms with Crippen LogP contribution < -0.4 is 5.73 Å². The monoisotopic (exact) mass is 242 g/mol. The summed E-state index contributed by atoms with van der Waals surface area (Å²) in [6, 6.07) is 0. The molecule has 0 unspecified atom stereocenters. The Morgan fingerprint density at radius 3 is 2.94 bits per heavy atom. The van der Waals surface area contributed by atoms with Gasteiger partial charge >= 0.3 is 0 Å². The van der Waals surface area contributed by atoms with Crippen molar-refractivity contribution in [1.29, 1.82) is 0 Å². The maximum Gasteiger partial charge on any atom is 0.203 e. The first kappa shape index (κ1) is 11.8. The molecule has 0 saturated heterocycles. The van der Waals surface area contributed by atoms with Crippen LogP contribution in [0.5, 0.6) is 0 Å². The summed E-state index contributed by atoms with van der Waals surface area (Å²) in [4.78, 5) is 2.17. The van der Waals surface area contributed by atoms with E-state index in [2.05, 4.69) is 22.1 Å². The van der Waals surface area contributed by atoms with Gasteiger partial charge in [0.05, 0.1) is 13.2 Å². The number of hydrogen-bond donors (Lipinski definition) is 1. The number of rotatable bonds is 7. The van der Waals surface area contributed by atoms with Gasteiger partial charge in [-0.15, -0.1) is 10.2 Å². The maximum atomic E-state index is 5.57. The van der Waals surface area contributed by atoms with Crippen molar-refractivity contribution in [2.75, 3.05) is 32.5 Å². The fourth-order valence-electron chi connectivity index (χ4n) is 1.40. The van der Waals surface area contributed by atoms with Gasteiger partial charge in [-0.2, -0.15) is 0 Å². The lowest BCUT2D eigenvalue weighted by Gasteiger charge is -2.14. The predicted molar refractivity (Wildman–Crippen MR) is 64.2 cm³/mol. The van der Waals surface area contributed by atoms with Crippen molar-refractivity contribution < 1.29 is 4.74 Å². The number of likely N-dealkylation sites (N-methyl/N-ethyl adjacent to an activating group) is 1. The van der Waals surface area contributed by atoms with E-state index >= 15 is 0 Å². The van der Waals surface area contributed by atoms with Crippen LogP contribution in [0.1, 0.15) is 17.8 Å². The molecule has 0 aliphatic heterocycles. The Balaban J connectivity index is 1.57. The van der Waals surface area contributed by atoms with E-state index in [1.54, 1.807) is 0 Å². The van der Waals surface area contributed by atoms with Gasteiger partial charge in [-0.05, 0) is 25.8 Å². The fourth-order valence-corrected chi connectivity index (χ4v) is 2.08. The Labute approximate surface area is 99.6 Å².